The highest BCUT2D eigenvalue weighted by Crippen LogP contribution is 2.11. The first-order valence-electron chi connectivity index (χ1n) is 7.16. The maximum Gasteiger partial charge on any atom is 0.458 e. The first-order valence-corrected chi connectivity index (χ1v) is 8.07. The van der Waals surface area contributed by atoms with Gasteiger partial charge in [-0.15, -0.1) is 0 Å². The Morgan fingerprint density at radius 1 is 0.625 bits per heavy atom. The molecule has 0 aromatic carbocycles. The lowest BCUT2D eigenvalue weighted by Crippen LogP contribution is -1.84. The second kappa shape index (κ2) is 15.0. The Labute approximate surface area is 106 Å². The summed E-state index contributed by atoms with van der Waals surface area (Å²) in [5.74, 6) is 0.803. The fourth-order valence-electron chi connectivity index (χ4n) is 2.00. The van der Waals surface area contributed by atoms with Gasteiger partial charge in [-0.2, -0.15) is 0 Å². The molecule has 0 atom stereocenters. The zero-order valence-corrected chi connectivity index (χ0v) is 11.8. The van der Waals surface area contributed by atoms with E-state index in [1.165, 1.54) is 70.6 Å². The third-order valence-corrected chi connectivity index (χ3v) is 3.54. The quantitative estimate of drug-likeness (QED) is 0.325. The van der Waals surface area contributed by atoms with Crippen molar-refractivity contribution in [3.8, 4) is 0 Å². The molecule has 0 radical (unpaired) electrons. The van der Waals surface area contributed by atoms with E-state index in [9.17, 15) is 4.21 Å². The summed E-state index contributed by atoms with van der Waals surface area (Å²) in [4.78, 5) is 0. The fourth-order valence-corrected chi connectivity index (χ4v) is 2.32. The molecular formula is C14H29OS+. The topological polar surface area (TPSA) is 17.1 Å². The average molecular weight is 245 g/mol. The van der Waals surface area contributed by atoms with E-state index >= 15 is 0 Å². The van der Waals surface area contributed by atoms with Gasteiger partial charge in [0.2, 0.25) is 5.75 Å². The summed E-state index contributed by atoms with van der Waals surface area (Å²) in [5, 5.41) is 0. The van der Waals surface area contributed by atoms with E-state index in [4.69, 9.17) is 0 Å². The molecule has 0 N–H and O–H groups in total. The molecule has 0 saturated heterocycles. The van der Waals surface area contributed by atoms with Crippen LogP contribution in [0.4, 0.5) is 0 Å². The first-order chi connectivity index (χ1) is 7.91. The van der Waals surface area contributed by atoms with Crippen molar-refractivity contribution in [1.82, 2.24) is 0 Å². The van der Waals surface area contributed by atoms with Crippen molar-refractivity contribution in [2.45, 2.75) is 84.0 Å². The smallest absolute Gasteiger partial charge is 0.0654 e. The lowest BCUT2D eigenvalue weighted by molar-refractivity contribution is 0.547. The van der Waals surface area contributed by atoms with Gasteiger partial charge in [0, 0.05) is 10.6 Å². The van der Waals surface area contributed by atoms with Crippen LogP contribution in [0.1, 0.15) is 84.0 Å². The first kappa shape index (κ1) is 16.0. The Morgan fingerprint density at radius 2 is 1.00 bits per heavy atom. The zero-order chi connectivity index (χ0) is 11.9. The molecule has 0 aliphatic carbocycles. The van der Waals surface area contributed by atoms with Crippen molar-refractivity contribution >= 4 is 11.7 Å². The minimum absolute atomic E-state index is 0.733. The molecule has 1 nitrogen and oxygen atoms in total. The molecule has 96 valence electrons. The zero-order valence-electron chi connectivity index (χ0n) is 11.0. The van der Waals surface area contributed by atoms with Gasteiger partial charge in [0.1, 0.15) is 0 Å². The van der Waals surface area contributed by atoms with Crippen LogP contribution in [0.5, 0.6) is 0 Å². The van der Waals surface area contributed by atoms with Crippen LogP contribution >= 0.6 is 0 Å². The van der Waals surface area contributed by atoms with Crippen molar-refractivity contribution < 1.29 is 4.21 Å². The maximum atomic E-state index is 10.1. The molecule has 0 amide bonds. The molecule has 0 spiro atoms. The summed E-state index contributed by atoms with van der Waals surface area (Å²) in [6.45, 7) is 2.27. The molecule has 0 rings (SSSR count). The summed E-state index contributed by atoms with van der Waals surface area (Å²) in [5.41, 5.74) is 0. The van der Waals surface area contributed by atoms with Crippen LogP contribution in [0.25, 0.3) is 0 Å². The minimum atomic E-state index is 0.733. The standard InChI is InChI=1S/C14H29OS/c1-2-3-4-5-6-7-8-9-10-11-12-13-14-16-15/h2-14H2,1H3/q+1. The summed E-state index contributed by atoms with van der Waals surface area (Å²) in [6.07, 6.45) is 16.4. The average Bonchev–Trinajstić information content (AvgIpc) is 2.31. The normalized spacial score (nSPS) is 10.6. The number of unbranched alkanes of at least 4 members (excludes halogenated alkanes) is 11. The summed E-state index contributed by atoms with van der Waals surface area (Å²) in [6, 6.07) is 0. The second-order valence-corrected chi connectivity index (χ2v) is 5.36. The van der Waals surface area contributed by atoms with Crippen LogP contribution in [0.2, 0.25) is 0 Å². The van der Waals surface area contributed by atoms with Gasteiger partial charge in [0.15, 0.2) is 0 Å². The van der Waals surface area contributed by atoms with E-state index in [2.05, 4.69) is 6.92 Å². The molecule has 0 aliphatic rings. The van der Waals surface area contributed by atoms with E-state index < -0.39 is 0 Å². The molecule has 0 heterocycles. The van der Waals surface area contributed by atoms with Crippen LogP contribution in [0.3, 0.4) is 0 Å². The van der Waals surface area contributed by atoms with Crippen LogP contribution in [-0.2, 0) is 15.9 Å². The predicted molar refractivity (Wildman–Crippen MR) is 74.0 cm³/mol. The van der Waals surface area contributed by atoms with Gasteiger partial charge in [-0.3, -0.25) is 0 Å². The highest BCUT2D eigenvalue weighted by atomic mass is 32.1. The van der Waals surface area contributed by atoms with E-state index in [1.807, 2.05) is 0 Å². The molecule has 0 unspecified atom stereocenters. The Hall–Kier alpha value is 0.0200. The predicted octanol–water partition coefficient (Wildman–Crippen LogP) is 5.12. The molecule has 0 aliphatic heterocycles. The van der Waals surface area contributed by atoms with Crippen molar-refractivity contribution in [3.63, 3.8) is 0 Å². The Bertz CT molecular complexity index is 137. The van der Waals surface area contributed by atoms with Gasteiger partial charge < -0.3 is 0 Å². The molecule has 0 aromatic heterocycles. The van der Waals surface area contributed by atoms with Crippen molar-refractivity contribution in [2.75, 3.05) is 5.75 Å². The highest BCUT2D eigenvalue weighted by molar-refractivity contribution is 7.65. The third kappa shape index (κ3) is 14.0. The van der Waals surface area contributed by atoms with Crippen molar-refractivity contribution in [3.05, 3.63) is 0 Å². The van der Waals surface area contributed by atoms with Crippen molar-refractivity contribution in [1.29, 1.82) is 0 Å². The largest absolute Gasteiger partial charge is 0.458 e. The van der Waals surface area contributed by atoms with Crippen LogP contribution in [0, 0.1) is 0 Å². The highest BCUT2D eigenvalue weighted by Gasteiger charge is 1.97. The molecular weight excluding hydrogens is 216 g/mol. The summed E-state index contributed by atoms with van der Waals surface area (Å²) < 4.78 is 10.1. The van der Waals surface area contributed by atoms with Crippen molar-refractivity contribution in [2.24, 2.45) is 0 Å². The summed E-state index contributed by atoms with van der Waals surface area (Å²) >= 11 is 0.733. The third-order valence-electron chi connectivity index (χ3n) is 3.08. The molecule has 0 aromatic rings. The SMILES string of the molecule is CCCCCCCCCCCCCC[S+]=O. The molecule has 2 heteroatoms. The maximum absolute atomic E-state index is 10.1. The molecule has 0 saturated carbocycles. The monoisotopic (exact) mass is 245 g/mol. The molecule has 16 heavy (non-hydrogen) atoms. The van der Waals surface area contributed by atoms with Gasteiger partial charge in [0.05, 0.1) is 0 Å². The number of hydrogen-bond donors (Lipinski definition) is 0. The van der Waals surface area contributed by atoms with E-state index in [1.54, 1.807) is 0 Å². The van der Waals surface area contributed by atoms with Gasteiger partial charge in [-0.1, -0.05) is 71.1 Å². The number of hydrogen-bond acceptors (Lipinski definition) is 1. The van der Waals surface area contributed by atoms with Gasteiger partial charge in [0.25, 0.3) is 0 Å². The van der Waals surface area contributed by atoms with Gasteiger partial charge in [-0.25, -0.2) is 0 Å². The van der Waals surface area contributed by atoms with E-state index in [0.717, 1.165) is 23.8 Å². The van der Waals surface area contributed by atoms with Gasteiger partial charge in [-0.05, 0) is 6.42 Å². The Kier molecular flexibility index (Phi) is 15.0. The Balaban J connectivity index is 2.85. The Morgan fingerprint density at radius 3 is 1.38 bits per heavy atom. The van der Waals surface area contributed by atoms with Crippen LogP contribution < -0.4 is 0 Å². The second-order valence-electron chi connectivity index (χ2n) is 4.71. The fraction of sp³-hybridized carbons (Fsp3) is 1.00. The van der Waals surface area contributed by atoms with Gasteiger partial charge >= 0.3 is 11.7 Å². The van der Waals surface area contributed by atoms with E-state index in [0.29, 0.717) is 0 Å². The van der Waals surface area contributed by atoms with Crippen LogP contribution in [-0.4, -0.2) is 5.75 Å². The lowest BCUT2D eigenvalue weighted by atomic mass is 10.1. The van der Waals surface area contributed by atoms with Crippen LogP contribution in [0.15, 0.2) is 0 Å². The molecule has 0 fully saturated rings. The lowest BCUT2D eigenvalue weighted by Gasteiger charge is -2.01. The van der Waals surface area contributed by atoms with E-state index in [-0.39, 0.29) is 0 Å². The molecule has 0 bridgehead atoms. The number of rotatable bonds is 13. The minimum Gasteiger partial charge on any atom is -0.0654 e. The summed E-state index contributed by atoms with van der Waals surface area (Å²) in [7, 11) is 0.